The molecule has 0 amide bonds. The molecule has 0 aliphatic carbocycles. The molecule has 1 aromatic carbocycles. The molecule has 1 aromatic heterocycles. The molecule has 0 radical (unpaired) electrons. The Kier molecular flexibility index (Phi) is 2.83. The molecule has 5 nitrogen and oxygen atoms in total. The van der Waals surface area contributed by atoms with Crippen molar-refractivity contribution in [3.05, 3.63) is 47.3 Å². The van der Waals surface area contributed by atoms with E-state index in [1.807, 2.05) is 0 Å². The lowest BCUT2D eigenvalue weighted by Gasteiger charge is -2.26. The van der Waals surface area contributed by atoms with Gasteiger partial charge in [0.1, 0.15) is 0 Å². The van der Waals surface area contributed by atoms with Crippen molar-refractivity contribution in [1.29, 1.82) is 0 Å². The summed E-state index contributed by atoms with van der Waals surface area (Å²) in [5, 5.41) is 10.7. The molecule has 0 atom stereocenters. The standard InChI is InChI=1S/C12H10F2N4O/c13-9-2-1-7(3-10(9)14)12(19)11-6-18(17-16-11)8-4-15-5-8/h1-3,6,8,15H,4-5H2. The maximum atomic E-state index is 13.1. The quantitative estimate of drug-likeness (QED) is 0.838. The lowest BCUT2D eigenvalue weighted by molar-refractivity contribution is 0.103. The van der Waals surface area contributed by atoms with Crippen LogP contribution in [0.5, 0.6) is 0 Å². The van der Waals surface area contributed by atoms with Gasteiger partial charge in [-0.05, 0) is 18.2 Å². The van der Waals surface area contributed by atoms with Crippen molar-refractivity contribution in [3.63, 3.8) is 0 Å². The van der Waals surface area contributed by atoms with Crippen molar-refractivity contribution >= 4 is 5.78 Å². The second kappa shape index (κ2) is 4.51. The van der Waals surface area contributed by atoms with Gasteiger partial charge in [0, 0.05) is 18.7 Å². The van der Waals surface area contributed by atoms with Crippen LogP contribution in [0.3, 0.4) is 0 Å². The molecule has 2 heterocycles. The molecule has 0 saturated carbocycles. The fourth-order valence-corrected chi connectivity index (χ4v) is 1.80. The van der Waals surface area contributed by atoms with E-state index in [1.54, 1.807) is 4.68 Å². The molecule has 1 fully saturated rings. The zero-order chi connectivity index (χ0) is 13.4. The highest BCUT2D eigenvalue weighted by Gasteiger charge is 2.22. The van der Waals surface area contributed by atoms with E-state index in [-0.39, 0.29) is 17.3 Å². The maximum absolute atomic E-state index is 13.1. The fraction of sp³-hybridized carbons (Fsp3) is 0.250. The van der Waals surface area contributed by atoms with Crippen LogP contribution in [-0.4, -0.2) is 33.9 Å². The number of nitrogens with zero attached hydrogens (tertiary/aromatic N) is 3. The number of halogens is 2. The van der Waals surface area contributed by atoms with Crippen LogP contribution >= 0.6 is 0 Å². The highest BCUT2D eigenvalue weighted by molar-refractivity contribution is 6.07. The van der Waals surface area contributed by atoms with E-state index >= 15 is 0 Å². The van der Waals surface area contributed by atoms with Crippen molar-refractivity contribution in [2.45, 2.75) is 6.04 Å². The van der Waals surface area contributed by atoms with Crippen molar-refractivity contribution in [1.82, 2.24) is 20.3 Å². The van der Waals surface area contributed by atoms with Crippen molar-refractivity contribution in [2.24, 2.45) is 0 Å². The number of nitrogens with one attached hydrogen (secondary N) is 1. The molecule has 0 spiro atoms. The second-order valence-electron chi connectivity index (χ2n) is 4.35. The van der Waals surface area contributed by atoms with Crippen molar-refractivity contribution in [3.8, 4) is 0 Å². The third kappa shape index (κ3) is 2.12. The number of rotatable bonds is 3. The molecule has 0 unspecified atom stereocenters. The second-order valence-corrected chi connectivity index (χ2v) is 4.35. The molecule has 1 aliphatic heterocycles. The summed E-state index contributed by atoms with van der Waals surface area (Å²) >= 11 is 0. The van der Waals surface area contributed by atoms with Gasteiger partial charge in [-0.1, -0.05) is 5.21 Å². The summed E-state index contributed by atoms with van der Waals surface area (Å²) in [6, 6.07) is 3.20. The number of hydrogen-bond acceptors (Lipinski definition) is 4. The lowest BCUT2D eigenvalue weighted by Crippen LogP contribution is -2.43. The predicted molar refractivity (Wildman–Crippen MR) is 61.7 cm³/mol. The number of benzene rings is 1. The van der Waals surface area contributed by atoms with Gasteiger partial charge in [0.25, 0.3) is 0 Å². The number of hydrogen-bond donors (Lipinski definition) is 1. The van der Waals surface area contributed by atoms with Crippen LogP contribution in [0, 0.1) is 11.6 Å². The highest BCUT2D eigenvalue weighted by Crippen LogP contribution is 2.14. The van der Waals surface area contributed by atoms with Crippen LogP contribution in [0.1, 0.15) is 22.1 Å². The third-order valence-electron chi connectivity index (χ3n) is 3.06. The molecule has 0 bridgehead atoms. The molecule has 1 N–H and O–H groups in total. The summed E-state index contributed by atoms with van der Waals surface area (Å²) in [4.78, 5) is 12.0. The summed E-state index contributed by atoms with van der Waals surface area (Å²) < 4.78 is 27.5. The third-order valence-corrected chi connectivity index (χ3v) is 3.06. The zero-order valence-electron chi connectivity index (χ0n) is 9.81. The van der Waals surface area contributed by atoms with Gasteiger partial charge >= 0.3 is 0 Å². The van der Waals surface area contributed by atoms with Crippen molar-refractivity contribution in [2.75, 3.05) is 13.1 Å². The number of ketones is 1. The predicted octanol–water partition coefficient (Wildman–Crippen LogP) is 0.932. The van der Waals surface area contributed by atoms with Gasteiger partial charge < -0.3 is 5.32 Å². The monoisotopic (exact) mass is 264 g/mol. The Morgan fingerprint density at radius 1 is 1.32 bits per heavy atom. The smallest absolute Gasteiger partial charge is 0.214 e. The maximum Gasteiger partial charge on any atom is 0.214 e. The summed E-state index contributed by atoms with van der Waals surface area (Å²) in [6.45, 7) is 1.56. The van der Waals surface area contributed by atoms with Gasteiger partial charge in [-0.15, -0.1) is 5.10 Å². The number of aromatic nitrogens is 3. The SMILES string of the molecule is O=C(c1ccc(F)c(F)c1)c1cn(C2CNC2)nn1. The molecule has 1 saturated heterocycles. The number of carbonyl (C=O) groups is 1. The van der Waals surface area contributed by atoms with Crippen LogP contribution in [0.25, 0.3) is 0 Å². The van der Waals surface area contributed by atoms with Gasteiger partial charge in [0.05, 0.1) is 12.2 Å². The summed E-state index contributed by atoms with van der Waals surface area (Å²) in [5.74, 6) is -2.51. The minimum absolute atomic E-state index is 0.0534. The first-order valence-corrected chi connectivity index (χ1v) is 5.77. The van der Waals surface area contributed by atoms with E-state index in [4.69, 9.17) is 0 Å². The average Bonchev–Trinajstić information content (AvgIpc) is 2.79. The molecular weight excluding hydrogens is 254 g/mol. The molecule has 3 rings (SSSR count). The van der Waals surface area contributed by atoms with Crippen LogP contribution in [0.15, 0.2) is 24.4 Å². The van der Waals surface area contributed by atoms with Crippen LogP contribution < -0.4 is 5.32 Å². The largest absolute Gasteiger partial charge is 0.312 e. The molecule has 19 heavy (non-hydrogen) atoms. The van der Waals surface area contributed by atoms with Crippen LogP contribution in [-0.2, 0) is 0 Å². The van der Waals surface area contributed by atoms with E-state index < -0.39 is 17.4 Å². The van der Waals surface area contributed by atoms with Gasteiger partial charge in [0.2, 0.25) is 5.78 Å². The molecule has 98 valence electrons. The Morgan fingerprint density at radius 2 is 2.11 bits per heavy atom. The first kappa shape index (κ1) is 11.9. The summed E-state index contributed by atoms with van der Waals surface area (Å²) in [5.41, 5.74) is 0.176. The van der Waals surface area contributed by atoms with Gasteiger partial charge in [-0.25, -0.2) is 13.5 Å². The molecule has 2 aromatic rings. The summed E-state index contributed by atoms with van der Waals surface area (Å²) in [6.07, 6.45) is 1.52. The topological polar surface area (TPSA) is 59.8 Å². The first-order valence-electron chi connectivity index (χ1n) is 5.77. The Bertz CT molecular complexity index is 636. The lowest BCUT2D eigenvalue weighted by atomic mass is 10.1. The Balaban J connectivity index is 1.86. The molecule has 1 aliphatic rings. The van der Waals surface area contributed by atoms with E-state index in [0.29, 0.717) is 0 Å². The Hall–Kier alpha value is -2.15. The Labute approximate surface area is 107 Å². The van der Waals surface area contributed by atoms with E-state index in [9.17, 15) is 13.6 Å². The van der Waals surface area contributed by atoms with Crippen molar-refractivity contribution < 1.29 is 13.6 Å². The average molecular weight is 264 g/mol. The minimum Gasteiger partial charge on any atom is -0.312 e. The van der Waals surface area contributed by atoms with Crippen LogP contribution in [0.2, 0.25) is 0 Å². The normalized spacial score (nSPS) is 15.3. The fourth-order valence-electron chi connectivity index (χ4n) is 1.80. The van der Waals surface area contributed by atoms with E-state index in [2.05, 4.69) is 15.6 Å². The highest BCUT2D eigenvalue weighted by atomic mass is 19.2. The zero-order valence-corrected chi connectivity index (χ0v) is 9.81. The van der Waals surface area contributed by atoms with Crippen LogP contribution in [0.4, 0.5) is 8.78 Å². The molecular formula is C12H10F2N4O. The van der Waals surface area contributed by atoms with Gasteiger partial charge in [-0.2, -0.15) is 0 Å². The van der Waals surface area contributed by atoms with E-state index in [0.717, 1.165) is 25.2 Å². The van der Waals surface area contributed by atoms with E-state index in [1.165, 1.54) is 12.3 Å². The minimum atomic E-state index is -1.05. The molecule has 7 heteroatoms. The van der Waals surface area contributed by atoms with Gasteiger partial charge in [-0.3, -0.25) is 4.79 Å². The number of carbonyl (C=O) groups excluding carboxylic acids is 1. The summed E-state index contributed by atoms with van der Waals surface area (Å²) in [7, 11) is 0. The Morgan fingerprint density at radius 3 is 2.74 bits per heavy atom. The first-order chi connectivity index (χ1) is 9.15. The van der Waals surface area contributed by atoms with Gasteiger partial charge in [0.15, 0.2) is 17.3 Å².